The number of hydrogen-bond donors (Lipinski definition) is 2. The summed E-state index contributed by atoms with van der Waals surface area (Å²) in [6, 6.07) is 0. The maximum atomic E-state index is 12.3. The lowest BCUT2D eigenvalue weighted by Gasteiger charge is -2.07. The van der Waals surface area contributed by atoms with Gasteiger partial charge in [-0.05, 0) is 0 Å². The van der Waals surface area contributed by atoms with Gasteiger partial charge in [0.2, 0.25) is 11.8 Å². The van der Waals surface area contributed by atoms with Crippen molar-refractivity contribution in [2.75, 3.05) is 5.43 Å². The van der Waals surface area contributed by atoms with Gasteiger partial charge in [-0.2, -0.15) is 10.1 Å². The van der Waals surface area contributed by atoms with E-state index in [1.165, 1.54) is 37.3 Å². The monoisotopic (exact) mass is 390 g/mol. The molecule has 148 valence electrons. The van der Waals surface area contributed by atoms with E-state index in [1.54, 1.807) is 7.05 Å². The zero-order valence-electron chi connectivity index (χ0n) is 15.8. The van der Waals surface area contributed by atoms with Crippen molar-refractivity contribution in [1.82, 2.24) is 27.8 Å². The molecular weight excluding hydrogens is 372 g/mol. The Kier molecular flexibility index (Phi) is 4.29. The number of hydrazone groups is 1. The molecule has 0 spiro atoms. The van der Waals surface area contributed by atoms with Crippen molar-refractivity contribution in [3.8, 4) is 5.88 Å². The predicted octanol–water partition coefficient (Wildman–Crippen LogP) is -2.48. The Morgan fingerprint density at radius 1 is 0.857 bits per heavy atom. The van der Waals surface area contributed by atoms with Crippen LogP contribution in [0.3, 0.4) is 0 Å². The first kappa shape index (κ1) is 18.9. The number of fused-ring (bicyclic) bond motifs is 1. The molecular formula is C15H18N8O5. The van der Waals surface area contributed by atoms with Crippen molar-refractivity contribution in [1.29, 1.82) is 0 Å². The lowest BCUT2D eigenvalue weighted by molar-refractivity contribution is 0.410. The maximum Gasteiger partial charge on any atom is 0.333 e. The summed E-state index contributed by atoms with van der Waals surface area (Å²) in [6.07, 6.45) is 1.04. The standard InChI is InChI=1S/C15H18N8O5/c1-19-8-9(20(2)14(27)23(5)12(8)26)17-13(19)18-16-6-7-10(24)21(3)15(28)22(4)11(7)25/h6,24H,1-5H3,(H,17,18)/b16-6+. The van der Waals surface area contributed by atoms with Crippen molar-refractivity contribution >= 4 is 23.3 Å². The summed E-state index contributed by atoms with van der Waals surface area (Å²) < 4.78 is 5.32. The van der Waals surface area contributed by atoms with Gasteiger partial charge in [0.05, 0.1) is 6.21 Å². The summed E-state index contributed by atoms with van der Waals surface area (Å²) in [5, 5.41) is 13.9. The summed E-state index contributed by atoms with van der Waals surface area (Å²) in [4.78, 5) is 52.4. The van der Waals surface area contributed by atoms with Crippen LogP contribution in [0.15, 0.2) is 24.3 Å². The second-order valence-electron chi connectivity index (χ2n) is 6.19. The SMILES string of the molecule is Cn1c(O)c(/C=N/Nc2nc3c(c(=O)n(C)c(=O)n3C)n2C)c(=O)n(C)c1=O. The fourth-order valence-corrected chi connectivity index (χ4v) is 2.75. The van der Waals surface area contributed by atoms with Crippen LogP contribution in [0.1, 0.15) is 5.56 Å². The van der Waals surface area contributed by atoms with Crippen molar-refractivity contribution in [3.05, 3.63) is 47.2 Å². The van der Waals surface area contributed by atoms with Gasteiger partial charge in [0.15, 0.2) is 11.2 Å². The second-order valence-corrected chi connectivity index (χ2v) is 6.19. The number of nitrogens with zero attached hydrogens (tertiary/aromatic N) is 7. The van der Waals surface area contributed by atoms with E-state index in [0.29, 0.717) is 0 Å². The Balaban J connectivity index is 2.08. The van der Waals surface area contributed by atoms with Crippen LogP contribution in [0, 0.1) is 0 Å². The third-order valence-electron chi connectivity index (χ3n) is 4.50. The molecule has 0 aromatic carbocycles. The van der Waals surface area contributed by atoms with E-state index in [4.69, 9.17) is 0 Å². The van der Waals surface area contributed by atoms with Gasteiger partial charge in [0.25, 0.3) is 11.1 Å². The molecule has 3 aromatic rings. The summed E-state index contributed by atoms with van der Waals surface area (Å²) in [5.74, 6) is -0.411. The highest BCUT2D eigenvalue weighted by Gasteiger charge is 2.17. The summed E-state index contributed by atoms with van der Waals surface area (Å²) >= 11 is 0. The molecule has 0 fully saturated rings. The highest BCUT2D eigenvalue weighted by Crippen LogP contribution is 2.13. The molecule has 28 heavy (non-hydrogen) atoms. The first-order valence-electron chi connectivity index (χ1n) is 7.98. The quantitative estimate of drug-likeness (QED) is 0.371. The first-order chi connectivity index (χ1) is 13.1. The van der Waals surface area contributed by atoms with Gasteiger partial charge in [-0.3, -0.25) is 27.9 Å². The fraction of sp³-hybridized carbons (Fsp3) is 0.333. The molecule has 0 unspecified atom stereocenters. The average Bonchev–Trinajstić information content (AvgIpc) is 3.00. The molecule has 0 saturated carbocycles. The molecule has 13 heteroatoms. The van der Waals surface area contributed by atoms with Gasteiger partial charge in [0, 0.05) is 35.2 Å². The van der Waals surface area contributed by atoms with Crippen LogP contribution in [-0.2, 0) is 35.2 Å². The van der Waals surface area contributed by atoms with Crippen LogP contribution in [-0.4, -0.2) is 39.1 Å². The fourth-order valence-electron chi connectivity index (χ4n) is 2.75. The maximum absolute atomic E-state index is 12.3. The molecule has 0 atom stereocenters. The summed E-state index contributed by atoms with van der Waals surface area (Å²) in [6.45, 7) is 0. The lowest BCUT2D eigenvalue weighted by Crippen LogP contribution is -2.38. The molecule has 0 saturated heterocycles. The molecule has 3 rings (SSSR count). The molecule has 0 aliphatic rings. The van der Waals surface area contributed by atoms with Gasteiger partial charge < -0.3 is 9.67 Å². The van der Waals surface area contributed by atoms with E-state index in [9.17, 15) is 24.3 Å². The molecule has 0 radical (unpaired) electrons. The van der Waals surface area contributed by atoms with Gasteiger partial charge in [-0.1, -0.05) is 0 Å². The highest BCUT2D eigenvalue weighted by atomic mass is 16.3. The zero-order chi connectivity index (χ0) is 20.9. The molecule has 3 aromatic heterocycles. The molecule has 0 amide bonds. The minimum atomic E-state index is -0.729. The number of nitrogens with one attached hydrogen (secondary N) is 1. The Labute approximate surface area is 156 Å². The number of aromatic hydroxyl groups is 1. The summed E-state index contributed by atoms with van der Waals surface area (Å²) in [5.41, 5.74) is 0.246. The molecule has 0 aliphatic heterocycles. The molecule has 3 heterocycles. The van der Waals surface area contributed by atoms with Crippen LogP contribution in [0.4, 0.5) is 5.95 Å². The number of anilines is 1. The lowest BCUT2D eigenvalue weighted by atomic mass is 10.3. The van der Waals surface area contributed by atoms with E-state index in [2.05, 4.69) is 15.5 Å². The van der Waals surface area contributed by atoms with E-state index in [0.717, 1.165) is 19.9 Å². The molecule has 13 nitrogen and oxygen atoms in total. The number of imidazole rings is 1. The Bertz CT molecular complexity index is 1380. The van der Waals surface area contributed by atoms with Crippen molar-refractivity contribution in [2.45, 2.75) is 0 Å². The second kappa shape index (κ2) is 6.37. The number of rotatable bonds is 3. The van der Waals surface area contributed by atoms with Gasteiger partial charge in [-0.25, -0.2) is 15.0 Å². The normalized spacial score (nSPS) is 11.6. The highest BCUT2D eigenvalue weighted by molar-refractivity contribution is 5.82. The van der Waals surface area contributed by atoms with Crippen LogP contribution in [0.5, 0.6) is 5.88 Å². The predicted molar refractivity (Wildman–Crippen MR) is 101 cm³/mol. The Morgan fingerprint density at radius 3 is 2.07 bits per heavy atom. The topological polar surface area (TPSA) is 150 Å². The van der Waals surface area contributed by atoms with Crippen LogP contribution >= 0.6 is 0 Å². The average molecular weight is 390 g/mol. The van der Waals surface area contributed by atoms with Crippen molar-refractivity contribution < 1.29 is 5.11 Å². The van der Waals surface area contributed by atoms with Crippen molar-refractivity contribution in [3.63, 3.8) is 0 Å². The number of hydrogen-bond acceptors (Lipinski definition) is 8. The van der Waals surface area contributed by atoms with E-state index < -0.39 is 28.4 Å². The van der Waals surface area contributed by atoms with E-state index in [-0.39, 0.29) is 22.7 Å². The molecule has 2 N–H and O–H groups in total. The molecule has 0 bridgehead atoms. The minimum Gasteiger partial charge on any atom is -0.494 e. The van der Waals surface area contributed by atoms with E-state index >= 15 is 0 Å². The van der Waals surface area contributed by atoms with Crippen LogP contribution in [0.25, 0.3) is 11.2 Å². The van der Waals surface area contributed by atoms with Gasteiger partial charge in [-0.15, -0.1) is 0 Å². The Hall–Kier alpha value is -3.90. The third kappa shape index (κ3) is 2.55. The third-order valence-corrected chi connectivity index (χ3v) is 4.50. The van der Waals surface area contributed by atoms with Gasteiger partial charge in [0.1, 0.15) is 5.56 Å². The van der Waals surface area contributed by atoms with Gasteiger partial charge >= 0.3 is 11.4 Å². The Morgan fingerprint density at radius 2 is 1.43 bits per heavy atom. The number of aromatic nitrogens is 6. The van der Waals surface area contributed by atoms with Crippen LogP contribution < -0.4 is 27.9 Å². The van der Waals surface area contributed by atoms with Crippen LogP contribution in [0.2, 0.25) is 0 Å². The largest absolute Gasteiger partial charge is 0.494 e. The molecule has 0 aliphatic carbocycles. The van der Waals surface area contributed by atoms with Crippen molar-refractivity contribution in [2.24, 2.45) is 40.3 Å². The van der Waals surface area contributed by atoms with E-state index in [1.807, 2.05) is 0 Å². The first-order valence-corrected chi connectivity index (χ1v) is 7.98. The minimum absolute atomic E-state index is 0.130. The zero-order valence-corrected chi connectivity index (χ0v) is 15.8. The summed E-state index contributed by atoms with van der Waals surface area (Å²) in [7, 11) is 6.99. The smallest absolute Gasteiger partial charge is 0.333 e. The number of aryl methyl sites for hydroxylation is 2.